The SMILES string of the molecule is COc1c(N)ncnc1N1CCC(O)CC1. The second-order valence-electron chi connectivity index (χ2n) is 3.83. The molecule has 0 bridgehead atoms. The molecule has 1 aliphatic heterocycles. The van der Waals surface area contributed by atoms with E-state index in [-0.39, 0.29) is 6.10 Å². The van der Waals surface area contributed by atoms with E-state index in [2.05, 4.69) is 14.9 Å². The number of methoxy groups -OCH3 is 1. The third-order valence-electron chi connectivity index (χ3n) is 2.78. The third kappa shape index (κ3) is 2.01. The molecule has 0 atom stereocenters. The number of piperidine rings is 1. The molecule has 0 unspecified atom stereocenters. The lowest BCUT2D eigenvalue weighted by Gasteiger charge is -2.31. The molecular weight excluding hydrogens is 208 g/mol. The topological polar surface area (TPSA) is 84.5 Å². The standard InChI is InChI=1S/C10H16N4O2/c1-16-8-9(11)12-6-13-10(8)14-4-2-7(15)3-5-14/h6-7,15H,2-5H2,1H3,(H2,11,12,13). The van der Waals surface area contributed by atoms with Gasteiger partial charge >= 0.3 is 0 Å². The summed E-state index contributed by atoms with van der Waals surface area (Å²) in [5, 5.41) is 9.44. The van der Waals surface area contributed by atoms with Gasteiger partial charge in [-0.3, -0.25) is 0 Å². The van der Waals surface area contributed by atoms with Gasteiger partial charge in [0.2, 0.25) is 5.75 Å². The average molecular weight is 224 g/mol. The molecule has 0 aliphatic carbocycles. The van der Waals surface area contributed by atoms with Gasteiger partial charge in [0.05, 0.1) is 13.2 Å². The summed E-state index contributed by atoms with van der Waals surface area (Å²) < 4.78 is 5.20. The summed E-state index contributed by atoms with van der Waals surface area (Å²) in [7, 11) is 1.55. The monoisotopic (exact) mass is 224 g/mol. The van der Waals surface area contributed by atoms with Gasteiger partial charge in [0.15, 0.2) is 11.6 Å². The van der Waals surface area contributed by atoms with Crippen LogP contribution in [-0.4, -0.2) is 41.4 Å². The fourth-order valence-electron chi connectivity index (χ4n) is 1.88. The maximum absolute atomic E-state index is 9.44. The van der Waals surface area contributed by atoms with Gasteiger partial charge in [-0.15, -0.1) is 0 Å². The molecule has 1 saturated heterocycles. The van der Waals surface area contributed by atoms with Crippen LogP contribution in [0.25, 0.3) is 0 Å². The van der Waals surface area contributed by atoms with Crippen LogP contribution in [0.15, 0.2) is 6.33 Å². The Hall–Kier alpha value is -1.56. The highest BCUT2D eigenvalue weighted by atomic mass is 16.5. The van der Waals surface area contributed by atoms with Crippen molar-refractivity contribution in [3.05, 3.63) is 6.33 Å². The molecular formula is C10H16N4O2. The summed E-state index contributed by atoms with van der Waals surface area (Å²) in [6.45, 7) is 1.52. The Kier molecular flexibility index (Phi) is 3.09. The first kappa shape index (κ1) is 10.9. The zero-order chi connectivity index (χ0) is 11.5. The lowest BCUT2D eigenvalue weighted by molar-refractivity contribution is 0.145. The molecule has 1 aliphatic rings. The quantitative estimate of drug-likeness (QED) is 0.737. The summed E-state index contributed by atoms with van der Waals surface area (Å²) in [6, 6.07) is 0. The highest BCUT2D eigenvalue weighted by Crippen LogP contribution is 2.31. The Balaban J connectivity index is 2.23. The maximum Gasteiger partial charge on any atom is 0.204 e. The third-order valence-corrected chi connectivity index (χ3v) is 2.78. The minimum atomic E-state index is -0.207. The number of nitrogens with two attached hydrogens (primary N) is 1. The van der Waals surface area contributed by atoms with Gasteiger partial charge in [0.1, 0.15) is 6.33 Å². The van der Waals surface area contributed by atoms with E-state index in [0.29, 0.717) is 17.4 Å². The molecule has 0 spiro atoms. The lowest BCUT2D eigenvalue weighted by atomic mass is 10.1. The zero-order valence-electron chi connectivity index (χ0n) is 9.26. The molecule has 6 nitrogen and oxygen atoms in total. The summed E-state index contributed by atoms with van der Waals surface area (Å²) >= 11 is 0. The van der Waals surface area contributed by atoms with Crippen LogP contribution in [0.1, 0.15) is 12.8 Å². The fraction of sp³-hybridized carbons (Fsp3) is 0.600. The van der Waals surface area contributed by atoms with E-state index in [4.69, 9.17) is 10.5 Å². The normalized spacial score (nSPS) is 17.5. The second kappa shape index (κ2) is 4.52. The highest BCUT2D eigenvalue weighted by Gasteiger charge is 2.22. The summed E-state index contributed by atoms with van der Waals surface area (Å²) in [5.41, 5.74) is 5.71. The molecule has 0 radical (unpaired) electrons. The van der Waals surface area contributed by atoms with Gasteiger partial charge in [-0.2, -0.15) is 0 Å². The van der Waals surface area contributed by atoms with Crippen molar-refractivity contribution in [2.24, 2.45) is 0 Å². The molecule has 1 aromatic rings. The van der Waals surface area contributed by atoms with Gasteiger partial charge in [-0.25, -0.2) is 9.97 Å². The van der Waals surface area contributed by atoms with Crippen LogP contribution in [0.2, 0.25) is 0 Å². The summed E-state index contributed by atoms with van der Waals surface area (Å²) in [5.74, 6) is 1.57. The Bertz CT molecular complexity index is 364. The van der Waals surface area contributed by atoms with Crippen molar-refractivity contribution in [2.45, 2.75) is 18.9 Å². The fourth-order valence-corrected chi connectivity index (χ4v) is 1.88. The van der Waals surface area contributed by atoms with Crippen molar-refractivity contribution in [2.75, 3.05) is 30.8 Å². The predicted molar refractivity (Wildman–Crippen MR) is 60.5 cm³/mol. The number of hydrogen-bond donors (Lipinski definition) is 2. The Morgan fingerprint density at radius 1 is 1.44 bits per heavy atom. The molecule has 2 heterocycles. The minimum absolute atomic E-state index is 0.207. The molecule has 16 heavy (non-hydrogen) atoms. The van der Waals surface area contributed by atoms with E-state index >= 15 is 0 Å². The Labute approximate surface area is 94.1 Å². The number of nitrogens with zero attached hydrogens (tertiary/aromatic N) is 3. The molecule has 0 saturated carbocycles. The number of ether oxygens (including phenoxy) is 1. The minimum Gasteiger partial charge on any atom is -0.490 e. The Morgan fingerprint density at radius 3 is 2.75 bits per heavy atom. The van der Waals surface area contributed by atoms with E-state index in [9.17, 15) is 5.11 Å². The lowest BCUT2D eigenvalue weighted by Crippen LogP contribution is -2.36. The van der Waals surface area contributed by atoms with Crippen LogP contribution in [0.5, 0.6) is 5.75 Å². The van der Waals surface area contributed by atoms with Gasteiger partial charge in [-0.1, -0.05) is 0 Å². The average Bonchev–Trinajstić information content (AvgIpc) is 2.30. The van der Waals surface area contributed by atoms with Crippen molar-refractivity contribution in [3.63, 3.8) is 0 Å². The van der Waals surface area contributed by atoms with Crippen LogP contribution >= 0.6 is 0 Å². The van der Waals surface area contributed by atoms with Crippen LogP contribution < -0.4 is 15.4 Å². The van der Waals surface area contributed by atoms with Gasteiger partial charge in [0.25, 0.3) is 0 Å². The summed E-state index contributed by atoms with van der Waals surface area (Å²) in [4.78, 5) is 10.1. The van der Waals surface area contributed by atoms with Gasteiger partial charge < -0.3 is 20.5 Å². The number of aromatic nitrogens is 2. The first-order valence-electron chi connectivity index (χ1n) is 5.30. The number of aliphatic hydroxyl groups excluding tert-OH is 1. The van der Waals surface area contributed by atoms with Gasteiger partial charge in [-0.05, 0) is 12.8 Å². The largest absolute Gasteiger partial charge is 0.490 e. The number of nitrogen functional groups attached to an aromatic ring is 1. The summed E-state index contributed by atoms with van der Waals surface area (Å²) in [6.07, 6.45) is 2.71. The first-order valence-corrected chi connectivity index (χ1v) is 5.30. The molecule has 6 heteroatoms. The number of anilines is 2. The van der Waals surface area contributed by atoms with E-state index in [1.54, 1.807) is 7.11 Å². The second-order valence-corrected chi connectivity index (χ2v) is 3.83. The van der Waals surface area contributed by atoms with E-state index < -0.39 is 0 Å². The first-order chi connectivity index (χ1) is 7.72. The van der Waals surface area contributed by atoms with Crippen molar-refractivity contribution >= 4 is 11.6 Å². The van der Waals surface area contributed by atoms with Crippen molar-refractivity contribution in [3.8, 4) is 5.75 Å². The van der Waals surface area contributed by atoms with Crippen molar-refractivity contribution in [1.82, 2.24) is 9.97 Å². The maximum atomic E-state index is 9.44. The highest BCUT2D eigenvalue weighted by molar-refractivity contribution is 5.62. The number of rotatable bonds is 2. The molecule has 0 aromatic carbocycles. The van der Waals surface area contributed by atoms with Crippen LogP contribution in [0.4, 0.5) is 11.6 Å². The molecule has 3 N–H and O–H groups in total. The zero-order valence-corrected chi connectivity index (χ0v) is 9.26. The smallest absolute Gasteiger partial charge is 0.204 e. The van der Waals surface area contributed by atoms with Crippen LogP contribution in [0.3, 0.4) is 0 Å². The van der Waals surface area contributed by atoms with E-state index in [0.717, 1.165) is 25.9 Å². The van der Waals surface area contributed by atoms with E-state index in [1.165, 1.54) is 6.33 Å². The van der Waals surface area contributed by atoms with Crippen LogP contribution in [0, 0.1) is 0 Å². The molecule has 1 fully saturated rings. The predicted octanol–water partition coefficient (Wildman–Crippen LogP) is 0.0285. The van der Waals surface area contributed by atoms with Crippen LogP contribution in [-0.2, 0) is 0 Å². The molecule has 2 rings (SSSR count). The Morgan fingerprint density at radius 2 is 2.12 bits per heavy atom. The van der Waals surface area contributed by atoms with Gasteiger partial charge in [0, 0.05) is 13.1 Å². The number of hydrogen-bond acceptors (Lipinski definition) is 6. The van der Waals surface area contributed by atoms with Crippen molar-refractivity contribution < 1.29 is 9.84 Å². The van der Waals surface area contributed by atoms with Crippen molar-refractivity contribution in [1.29, 1.82) is 0 Å². The molecule has 1 aromatic heterocycles. The van der Waals surface area contributed by atoms with E-state index in [1.807, 2.05) is 0 Å². The molecule has 88 valence electrons. The molecule has 0 amide bonds. The number of aliphatic hydroxyl groups is 1.